The number of nitrogens with zero attached hydrogens (tertiary/aromatic N) is 3. The first-order valence-corrected chi connectivity index (χ1v) is 11.2. The van der Waals surface area contributed by atoms with Gasteiger partial charge in [0.2, 0.25) is 5.91 Å². The molecule has 1 aliphatic heterocycles. The molecule has 28 heavy (non-hydrogen) atoms. The van der Waals surface area contributed by atoms with Crippen molar-refractivity contribution in [3.8, 4) is 0 Å². The summed E-state index contributed by atoms with van der Waals surface area (Å²) in [6.07, 6.45) is 10.7. The fourth-order valence-electron chi connectivity index (χ4n) is 7.48. The number of amides is 1. The van der Waals surface area contributed by atoms with E-state index in [0.29, 0.717) is 12.1 Å². The van der Waals surface area contributed by atoms with Gasteiger partial charge < -0.3 is 14.4 Å². The maximum Gasteiger partial charge on any atom is 0.242 e. The molecule has 5 aliphatic rings. The van der Waals surface area contributed by atoms with E-state index in [1.807, 2.05) is 33.7 Å². The third kappa shape index (κ3) is 2.70. The van der Waals surface area contributed by atoms with Gasteiger partial charge >= 0.3 is 0 Å². The van der Waals surface area contributed by atoms with Crippen LogP contribution in [0.3, 0.4) is 0 Å². The van der Waals surface area contributed by atoms with E-state index in [1.165, 1.54) is 38.5 Å². The van der Waals surface area contributed by atoms with E-state index >= 15 is 0 Å². The first-order valence-electron chi connectivity index (χ1n) is 11.2. The molecular weight excluding hydrogens is 348 g/mol. The van der Waals surface area contributed by atoms with Crippen LogP contribution >= 0.6 is 0 Å². The number of quaternary nitrogens is 1. The van der Waals surface area contributed by atoms with Crippen molar-refractivity contribution in [2.45, 2.75) is 50.6 Å². The van der Waals surface area contributed by atoms with Crippen LogP contribution < -0.4 is 4.90 Å². The average Bonchev–Trinajstić information content (AvgIpc) is 3.10. The molecule has 1 aromatic carbocycles. The summed E-state index contributed by atoms with van der Waals surface area (Å²) in [5.74, 6) is 3.27. The number of carbonyl (C=O) groups excluding carboxylic acids is 1. The number of nitrogens with one attached hydrogen (secondary N) is 1. The van der Waals surface area contributed by atoms with Crippen molar-refractivity contribution < 1.29 is 9.69 Å². The van der Waals surface area contributed by atoms with Crippen LogP contribution in [0.25, 0.3) is 11.0 Å². The second-order valence-electron chi connectivity index (χ2n) is 10.0. The van der Waals surface area contributed by atoms with Crippen LogP contribution in [0.5, 0.6) is 0 Å². The first-order chi connectivity index (χ1) is 13.7. The highest BCUT2D eigenvalue weighted by Crippen LogP contribution is 2.54. The summed E-state index contributed by atoms with van der Waals surface area (Å²) >= 11 is 0. The maximum atomic E-state index is 12.9. The Morgan fingerprint density at radius 2 is 1.68 bits per heavy atom. The van der Waals surface area contributed by atoms with Gasteiger partial charge in [-0.1, -0.05) is 12.1 Å². The Balaban J connectivity index is 1.11. The number of hydrogen-bond donors (Lipinski definition) is 1. The van der Waals surface area contributed by atoms with Gasteiger partial charge in [0.1, 0.15) is 6.54 Å². The van der Waals surface area contributed by atoms with Crippen molar-refractivity contribution >= 4 is 16.9 Å². The summed E-state index contributed by atoms with van der Waals surface area (Å²) in [6, 6.07) is 8.06. The van der Waals surface area contributed by atoms with Crippen LogP contribution in [0.15, 0.2) is 30.6 Å². The number of fused-ring (bicyclic) bond motifs is 1. The number of aromatic nitrogens is 2. The van der Waals surface area contributed by atoms with Crippen LogP contribution in [0.2, 0.25) is 0 Å². The van der Waals surface area contributed by atoms with Crippen molar-refractivity contribution in [1.82, 2.24) is 14.5 Å². The lowest BCUT2D eigenvalue weighted by Crippen LogP contribution is -3.23. The monoisotopic (exact) mass is 379 g/mol. The molecule has 5 nitrogen and oxygen atoms in total. The Morgan fingerprint density at radius 1 is 1.04 bits per heavy atom. The lowest BCUT2D eigenvalue weighted by molar-refractivity contribution is -0.962. The third-order valence-electron chi connectivity index (χ3n) is 8.34. The predicted molar refractivity (Wildman–Crippen MR) is 108 cm³/mol. The van der Waals surface area contributed by atoms with E-state index in [2.05, 4.69) is 9.88 Å². The van der Waals surface area contributed by atoms with Crippen molar-refractivity contribution in [3.63, 3.8) is 0 Å². The standard InChI is InChI=1S/C23H30N4O/c28-22(15-26-16-24-20-3-1-2-4-21(20)26)25-5-7-27(8-6-25)23-12-17-9-18(13-23)11-19(10-17)14-23/h1-4,16-19H,5-15H2/p+1. The number of carbonyl (C=O) groups is 1. The topological polar surface area (TPSA) is 42.6 Å². The quantitative estimate of drug-likeness (QED) is 0.883. The first kappa shape index (κ1) is 17.0. The minimum absolute atomic E-state index is 0.243. The van der Waals surface area contributed by atoms with Gasteiger partial charge in [-0.2, -0.15) is 0 Å². The molecule has 7 rings (SSSR count). The number of piperazine rings is 1. The fraction of sp³-hybridized carbons (Fsp3) is 0.652. The zero-order valence-corrected chi connectivity index (χ0v) is 16.6. The molecule has 0 spiro atoms. The summed E-state index contributed by atoms with van der Waals surface area (Å²) < 4.78 is 2.00. The van der Waals surface area contributed by atoms with Gasteiger partial charge in [-0.05, 0) is 49.1 Å². The Kier molecular flexibility index (Phi) is 3.84. The number of hydrogen-bond acceptors (Lipinski definition) is 2. The summed E-state index contributed by atoms with van der Waals surface area (Å²) in [5.41, 5.74) is 2.57. The molecule has 1 N–H and O–H groups in total. The maximum absolute atomic E-state index is 12.9. The average molecular weight is 380 g/mol. The van der Waals surface area contributed by atoms with Crippen molar-refractivity contribution in [2.24, 2.45) is 17.8 Å². The van der Waals surface area contributed by atoms with Crippen molar-refractivity contribution in [2.75, 3.05) is 26.2 Å². The number of imidazole rings is 1. The number of benzene rings is 1. The molecule has 4 saturated carbocycles. The minimum Gasteiger partial charge on any atom is -0.330 e. The van der Waals surface area contributed by atoms with E-state index in [1.54, 1.807) is 6.33 Å². The van der Waals surface area contributed by atoms with Gasteiger partial charge in [0.15, 0.2) is 0 Å². The molecule has 4 bridgehead atoms. The fourth-order valence-corrected chi connectivity index (χ4v) is 7.48. The Hall–Kier alpha value is -1.88. The SMILES string of the molecule is O=C(Cn1cnc2ccccc21)N1CC[NH+](C23CC4CC(CC(C4)C2)C3)CC1. The highest BCUT2D eigenvalue weighted by Gasteiger charge is 2.56. The van der Waals surface area contributed by atoms with Crippen LogP contribution in [0.1, 0.15) is 38.5 Å². The summed E-state index contributed by atoms with van der Waals surface area (Å²) in [4.78, 5) is 21.3. The largest absolute Gasteiger partial charge is 0.330 e. The smallest absolute Gasteiger partial charge is 0.242 e. The molecule has 0 unspecified atom stereocenters. The second kappa shape index (κ2) is 6.31. The Morgan fingerprint density at radius 3 is 2.36 bits per heavy atom. The minimum atomic E-state index is 0.243. The van der Waals surface area contributed by atoms with E-state index in [9.17, 15) is 4.79 Å². The van der Waals surface area contributed by atoms with E-state index in [0.717, 1.165) is 55.0 Å². The molecule has 1 aromatic heterocycles. The van der Waals surface area contributed by atoms with Gasteiger partial charge in [0.05, 0.1) is 49.1 Å². The molecule has 1 saturated heterocycles. The lowest BCUT2D eigenvalue weighted by Gasteiger charge is -2.59. The molecule has 5 fully saturated rings. The van der Waals surface area contributed by atoms with Crippen molar-refractivity contribution in [3.05, 3.63) is 30.6 Å². The Labute approximate surface area is 166 Å². The highest BCUT2D eigenvalue weighted by atomic mass is 16.2. The molecule has 1 amide bonds. The van der Waals surface area contributed by atoms with E-state index < -0.39 is 0 Å². The Bertz CT molecular complexity index is 860. The molecule has 5 heteroatoms. The second-order valence-corrected chi connectivity index (χ2v) is 10.0. The normalized spacial score (nSPS) is 35.0. The van der Waals surface area contributed by atoms with Gasteiger partial charge in [-0.15, -0.1) is 0 Å². The molecule has 2 heterocycles. The molecule has 4 aliphatic carbocycles. The zero-order chi connectivity index (χ0) is 18.7. The zero-order valence-electron chi connectivity index (χ0n) is 16.6. The lowest BCUT2D eigenvalue weighted by atomic mass is 9.52. The van der Waals surface area contributed by atoms with Crippen LogP contribution in [-0.2, 0) is 11.3 Å². The van der Waals surface area contributed by atoms with Gasteiger partial charge in [-0.3, -0.25) is 4.79 Å². The summed E-state index contributed by atoms with van der Waals surface area (Å²) in [7, 11) is 0. The van der Waals surface area contributed by atoms with Gasteiger partial charge in [0.25, 0.3) is 0 Å². The molecule has 0 radical (unpaired) electrons. The number of para-hydroxylation sites is 2. The molecular formula is C23H31N4O+. The van der Waals surface area contributed by atoms with E-state index in [-0.39, 0.29) is 5.91 Å². The third-order valence-corrected chi connectivity index (χ3v) is 8.34. The van der Waals surface area contributed by atoms with Crippen LogP contribution in [-0.4, -0.2) is 52.1 Å². The highest BCUT2D eigenvalue weighted by molar-refractivity contribution is 5.80. The summed E-state index contributed by atoms with van der Waals surface area (Å²) in [5, 5.41) is 0. The van der Waals surface area contributed by atoms with Gasteiger partial charge in [-0.25, -0.2) is 4.98 Å². The van der Waals surface area contributed by atoms with Crippen LogP contribution in [0.4, 0.5) is 0 Å². The molecule has 0 atom stereocenters. The van der Waals surface area contributed by atoms with E-state index in [4.69, 9.17) is 0 Å². The molecule has 148 valence electrons. The number of rotatable bonds is 3. The summed E-state index contributed by atoms with van der Waals surface area (Å²) in [6.45, 7) is 4.53. The van der Waals surface area contributed by atoms with Crippen molar-refractivity contribution in [1.29, 1.82) is 0 Å². The molecule has 2 aromatic rings. The van der Waals surface area contributed by atoms with Gasteiger partial charge in [0, 0.05) is 19.3 Å². The predicted octanol–water partition coefficient (Wildman–Crippen LogP) is 1.73. The van der Waals surface area contributed by atoms with Crippen LogP contribution in [0, 0.1) is 17.8 Å².